The number of rotatable bonds is 4. The van der Waals surface area contributed by atoms with Gasteiger partial charge in [-0.25, -0.2) is 4.98 Å². The van der Waals surface area contributed by atoms with Gasteiger partial charge in [-0.05, 0) is 32.6 Å². The van der Waals surface area contributed by atoms with Crippen LogP contribution < -0.4 is 10.6 Å². The highest BCUT2D eigenvalue weighted by atomic mass is 32.1. The second kappa shape index (κ2) is 5.95. The van der Waals surface area contributed by atoms with E-state index < -0.39 is 0 Å². The lowest BCUT2D eigenvalue weighted by Gasteiger charge is -2.34. The van der Waals surface area contributed by atoms with E-state index in [1.807, 2.05) is 6.92 Å². The monoisotopic (exact) mass is 270 g/mol. The van der Waals surface area contributed by atoms with Crippen molar-refractivity contribution in [1.29, 1.82) is 0 Å². The Labute approximate surface area is 113 Å². The summed E-state index contributed by atoms with van der Waals surface area (Å²) in [6.07, 6.45) is 2.36. The van der Waals surface area contributed by atoms with Gasteiger partial charge in [-0.1, -0.05) is 0 Å². The van der Waals surface area contributed by atoms with Crippen molar-refractivity contribution in [1.82, 2.24) is 9.36 Å². The third kappa shape index (κ3) is 2.99. The Hall–Kier alpha value is -0.720. The quantitative estimate of drug-likeness (QED) is 0.904. The molecule has 0 aliphatic carbocycles. The third-order valence-corrected chi connectivity index (χ3v) is 4.41. The summed E-state index contributed by atoms with van der Waals surface area (Å²) in [4.78, 5) is 6.87. The van der Waals surface area contributed by atoms with Gasteiger partial charge in [0.2, 0.25) is 5.13 Å². The molecule has 1 aromatic rings. The third-order valence-electron chi connectivity index (χ3n) is 3.62. The fraction of sp³-hybridized carbons (Fsp3) is 0.833. The topological polar surface area (TPSA) is 64.3 Å². The molecule has 1 aromatic heterocycles. The van der Waals surface area contributed by atoms with Crippen LogP contribution in [0, 0.1) is 5.92 Å². The van der Waals surface area contributed by atoms with Crippen molar-refractivity contribution in [2.24, 2.45) is 11.7 Å². The van der Waals surface area contributed by atoms with Crippen molar-refractivity contribution in [2.75, 3.05) is 25.1 Å². The maximum absolute atomic E-state index is 6.00. The molecule has 6 heteroatoms. The highest BCUT2D eigenvalue weighted by molar-refractivity contribution is 7.09. The van der Waals surface area contributed by atoms with E-state index in [0.717, 1.165) is 24.0 Å². The maximum Gasteiger partial charge on any atom is 0.205 e. The average molecular weight is 270 g/mol. The van der Waals surface area contributed by atoms with Gasteiger partial charge in [0.05, 0.1) is 0 Å². The molecule has 5 nitrogen and oxygen atoms in total. The van der Waals surface area contributed by atoms with Crippen molar-refractivity contribution in [3.05, 3.63) is 5.82 Å². The van der Waals surface area contributed by atoms with E-state index >= 15 is 0 Å². The Morgan fingerprint density at radius 2 is 2.28 bits per heavy atom. The van der Waals surface area contributed by atoms with Crippen molar-refractivity contribution >= 4 is 16.7 Å². The second-order valence-corrected chi connectivity index (χ2v) is 5.75. The molecule has 3 unspecified atom stereocenters. The first kappa shape index (κ1) is 13.7. The minimum absolute atomic E-state index is 0.0379. The SMILES string of the molecule is COC(C)c1nsc(N2CCCC(C(C)N)C2)n1. The highest BCUT2D eigenvalue weighted by Crippen LogP contribution is 2.27. The number of hydrogen-bond donors (Lipinski definition) is 1. The lowest BCUT2D eigenvalue weighted by atomic mass is 9.92. The van der Waals surface area contributed by atoms with E-state index in [1.165, 1.54) is 24.4 Å². The predicted octanol–water partition coefficient (Wildman–Crippen LogP) is 1.81. The van der Waals surface area contributed by atoms with Gasteiger partial charge in [-0.3, -0.25) is 0 Å². The fourth-order valence-electron chi connectivity index (χ4n) is 2.24. The number of nitrogens with zero attached hydrogens (tertiary/aromatic N) is 3. The molecule has 2 rings (SSSR count). The van der Waals surface area contributed by atoms with Gasteiger partial charge in [0.25, 0.3) is 0 Å². The first-order valence-corrected chi connectivity index (χ1v) is 7.26. The molecule has 2 heterocycles. The van der Waals surface area contributed by atoms with Gasteiger partial charge in [-0.2, -0.15) is 4.37 Å². The predicted molar refractivity (Wildman–Crippen MR) is 73.9 cm³/mol. The summed E-state index contributed by atoms with van der Waals surface area (Å²) < 4.78 is 9.60. The number of anilines is 1. The van der Waals surface area contributed by atoms with Crippen LogP contribution in [0.3, 0.4) is 0 Å². The Morgan fingerprint density at radius 3 is 2.94 bits per heavy atom. The lowest BCUT2D eigenvalue weighted by molar-refractivity contribution is 0.113. The van der Waals surface area contributed by atoms with E-state index in [1.54, 1.807) is 7.11 Å². The van der Waals surface area contributed by atoms with Gasteiger partial charge in [0.15, 0.2) is 5.82 Å². The highest BCUT2D eigenvalue weighted by Gasteiger charge is 2.25. The largest absolute Gasteiger partial charge is 0.374 e. The van der Waals surface area contributed by atoms with E-state index in [9.17, 15) is 0 Å². The summed E-state index contributed by atoms with van der Waals surface area (Å²) in [5.74, 6) is 1.34. The standard InChI is InChI=1S/C12H22N4OS/c1-8(13)10-5-4-6-16(7-10)12-14-11(15-18-12)9(2)17-3/h8-10H,4-7,13H2,1-3H3. The number of piperidine rings is 1. The number of nitrogens with two attached hydrogens (primary N) is 1. The van der Waals surface area contributed by atoms with Crippen LogP contribution in [0.5, 0.6) is 0 Å². The van der Waals surface area contributed by atoms with E-state index in [-0.39, 0.29) is 12.1 Å². The van der Waals surface area contributed by atoms with Crippen molar-refractivity contribution < 1.29 is 4.74 Å². The zero-order valence-corrected chi connectivity index (χ0v) is 12.1. The molecule has 3 atom stereocenters. The molecule has 1 aliphatic heterocycles. The van der Waals surface area contributed by atoms with Gasteiger partial charge in [-0.15, -0.1) is 0 Å². The summed E-state index contributed by atoms with van der Waals surface area (Å²) in [5.41, 5.74) is 6.00. The smallest absolute Gasteiger partial charge is 0.205 e. The molecular weight excluding hydrogens is 248 g/mol. The lowest BCUT2D eigenvalue weighted by Crippen LogP contribution is -2.42. The molecule has 0 radical (unpaired) electrons. The summed E-state index contributed by atoms with van der Waals surface area (Å²) in [7, 11) is 1.68. The molecule has 1 fully saturated rings. The van der Waals surface area contributed by atoms with Crippen LogP contribution in [-0.4, -0.2) is 35.6 Å². The van der Waals surface area contributed by atoms with Gasteiger partial charge < -0.3 is 15.4 Å². The molecule has 2 N–H and O–H groups in total. The Morgan fingerprint density at radius 1 is 1.50 bits per heavy atom. The van der Waals surface area contributed by atoms with Crippen molar-refractivity contribution in [2.45, 2.75) is 38.8 Å². The van der Waals surface area contributed by atoms with Crippen molar-refractivity contribution in [3.8, 4) is 0 Å². The van der Waals surface area contributed by atoms with E-state index in [0.29, 0.717) is 5.92 Å². The van der Waals surface area contributed by atoms with Crippen LogP contribution in [-0.2, 0) is 4.74 Å². The normalized spacial score (nSPS) is 24.0. The van der Waals surface area contributed by atoms with Crippen LogP contribution in [0.4, 0.5) is 5.13 Å². The minimum atomic E-state index is -0.0379. The Kier molecular flexibility index (Phi) is 4.53. The molecule has 0 amide bonds. The summed E-state index contributed by atoms with van der Waals surface area (Å²) in [6, 6.07) is 0.248. The molecule has 18 heavy (non-hydrogen) atoms. The van der Waals surface area contributed by atoms with E-state index in [4.69, 9.17) is 10.5 Å². The van der Waals surface area contributed by atoms with Crippen LogP contribution in [0.15, 0.2) is 0 Å². The van der Waals surface area contributed by atoms with Gasteiger partial charge >= 0.3 is 0 Å². The van der Waals surface area contributed by atoms with Crippen LogP contribution in [0.2, 0.25) is 0 Å². The maximum atomic E-state index is 6.00. The van der Waals surface area contributed by atoms with Crippen LogP contribution in [0.25, 0.3) is 0 Å². The summed E-state index contributed by atoms with van der Waals surface area (Å²) in [5, 5.41) is 0.999. The second-order valence-electron chi connectivity index (χ2n) is 5.02. The number of aromatic nitrogens is 2. The van der Waals surface area contributed by atoms with Crippen LogP contribution >= 0.6 is 11.5 Å². The molecular formula is C12H22N4OS. The van der Waals surface area contributed by atoms with Crippen LogP contribution in [0.1, 0.15) is 38.6 Å². The molecule has 0 saturated carbocycles. The molecule has 1 saturated heterocycles. The number of hydrogen-bond acceptors (Lipinski definition) is 6. The summed E-state index contributed by atoms with van der Waals surface area (Å²) in [6.45, 7) is 6.10. The fourth-order valence-corrected chi connectivity index (χ4v) is 3.02. The minimum Gasteiger partial charge on any atom is -0.374 e. The molecule has 0 bridgehead atoms. The molecule has 0 aromatic carbocycles. The first-order valence-electron chi connectivity index (χ1n) is 6.48. The van der Waals surface area contributed by atoms with Crippen molar-refractivity contribution in [3.63, 3.8) is 0 Å². The average Bonchev–Trinajstić information content (AvgIpc) is 2.87. The number of ether oxygens (including phenoxy) is 1. The Bertz CT molecular complexity index is 382. The van der Waals surface area contributed by atoms with E-state index in [2.05, 4.69) is 21.2 Å². The van der Waals surface area contributed by atoms with Gasteiger partial charge in [0, 0.05) is 37.8 Å². The molecule has 1 aliphatic rings. The zero-order chi connectivity index (χ0) is 13.1. The molecule has 102 valence electrons. The number of methoxy groups -OCH3 is 1. The Balaban J connectivity index is 2.04. The zero-order valence-electron chi connectivity index (χ0n) is 11.3. The van der Waals surface area contributed by atoms with Gasteiger partial charge in [0.1, 0.15) is 6.10 Å². The molecule has 0 spiro atoms. The summed E-state index contributed by atoms with van der Waals surface area (Å²) >= 11 is 1.46. The first-order chi connectivity index (χ1) is 8.61.